The van der Waals surface area contributed by atoms with Crippen LogP contribution in [0.1, 0.15) is 30.1 Å². The summed E-state index contributed by atoms with van der Waals surface area (Å²) in [6.07, 6.45) is -2.68. The van der Waals surface area contributed by atoms with Gasteiger partial charge in [-0.25, -0.2) is 0 Å². The third-order valence-corrected chi connectivity index (χ3v) is 5.18. The molecule has 2 N–H and O–H groups in total. The third-order valence-electron chi connectivity index (χ3n) is 5.18. The van der Waals surface area contributed by atoms with Crippen LogP contribution >= 0.6 is 0 Å². The van der Waals surface area contributed by atoms with Crippen LogP contribution in [0.15, 0.2) is 24.4 Å². The molecule has 1 saturated heterocycles. The summed E-state index contributed by atoms with van der Waals surface area (Å²) in [5, 5.41) is 12.4. The van der Waals surface area contributed by atoms with Gasteiger partial charge in [0, 0.05) is 36.8 Å². The molecule has 1 aliphatic rings. The van der Waals surface area contributed by atoms with E-state index in [1.54, 1.807) is 25.1 Å². The fourth-order valence-corrected chi connectivity index (χ4v) is 3.49. The maximum Gasteiger partial charge on any atom is 0.391 e. The van der Waals surface area contributed by atoms with Crippen molar-refractivity contribution in [3.8, 4) is 5.75 Å². The first-order valence-corrected chi connectivity index (χ1v) is 9.44. The Bertz CT molecular complexity index is 880. The maximum atomic E-state index is 13.0. The van der Waals surface area contributed by atoms with Gasteiger partial charge in [-0.05, 0) is 31.9 Å². The molecule has 1 amide bonds. The first kappa shape index (κ1) is 21.2. The van der Waals surface area contributed by atoms with Gasteiger partial charge >= 0.3 is 6.18 Å². The second kappa shape index (κ2) is 8.44. The molecule has 0 spiro atoms. The molecule has 0 aliphatic carbocycles. The number of piperidine rings is 1. The Hall–Kier alpha value is -2.55. The molecule has 2 aromatic rings. The van der Waals surface area contributed by atoms with Crippen molar-refractivity contribution in [2.24, 2.45) is 5.92 Å². The minimum absolute atomic E-state index is 0.0295. The van der Waals surface area contributed by atoms with Gasteiger partial charge in [-0.3, -0.25) is 9.78 Å². The summed E-state index contributed by atoms with van der Waals surface area (Å²) < 4.78 is 44.3. The molecule has 0 bridgehead atoms. The molecule has 2 heterocycles. The van der Waals surface area contributed by atoms with Crippen LogP contribution in [0.25, 0.3) is 10.9 Å². The number of carbonyl (C=O) groups is 1. The Morgan fingerprint density at radius 2 is 2.03 bits per heavy atom. The summed E-state index contributed by atoms with van der Waals surface area (Å²) in [7, 11) is 1.51. The Kier molecular flexibility index (Phi) is 6.16. The molecular formula is C20H24F3N3O3. The minimum Gasteiger partial charge on any atom is -0.497 e. The van der Waals surface area contributed by atoms with Crippen molar-refractivity contribution < 1.29 is 27.8 Å². The number of benzene rings is 1. The van der Waals surface area contributed by atoms with Crippen LogP contribution in [0, 0.1) is 5.92 Å². The summed E-state index contributed by atoms with van der Waals surface area (Å²) in [5.74, 6) is -1.11. The lowest BCUT2D eigenvalue weighted by Crippen LogP contribution is -2.39. The van der Waals surface area contributed by atoms with Crippen LogP contribution in [0.5, 0.6) is 5.75 Å². The molecule has 1 fully saturated rings. The molecule has 6 nitrogen and oxygen atoms in total. The predicted octanol–water partition coefficient (Wildman–Crippen LogP) is 3.13. The van der Waals surface area contributed by atoms with E-state index in [0.717, 1.165) is 0 Å². The number of nitrogens with zero attached hydrogens (tertiary/aromatic N) is 2. The number of anilines is 1. The van der Waals surface area contributed by atoms with E-state index in [4.69, 9.17) is 9.84 Å². The minimum atomic E-state index is -4.17. The first-order valence-electron chi connectivity index (χ1n) is 9.44. The maximum absolute atomic E-state index is 13.0. The van der Waals surface area contributed by atoms with Gasteiger partial charge in [0.1, 0.15) is 5.75 Å². The molecular weight excluding hydrogens is 387 g/mol. The lowest BCUT2D eigenvalue weighted by atomic mass is 9.95. The highest BCUT2D eigenvalue weighted by atomic mass is 19.4. The summed E-state index contributed by atoms with van der Waals surface area (Å²) >= 11 is 0. The standard InChI is InChI=1S/C20H24F3N3O3/c1-12(11-27)25-19(28)14-7-13-8-16(29-2)9-17(18(13)24-10-14)26-5-3-15(4-6-26)20(21,22)23/h7-10,12,15,27H,3-6,11H2,1-2H3,(H,25,28)/t12-/m1/s1. The van der Waals surface area contributed by atoms with Gasteiger partial charge in [0.25, 0.3) is 5.91 Å². The number of aliphatic hydroxyl groups excluding tert-OH is 1. The molecule has 3 rings (SSSR count). The zero-order chi connectivity index (χ0) is 21.2. The van der Waals surface area contributed by atoms with Crippen LogP contribution in [-0.2, 0) is 0 Å². The van der Waals surface area contributed by atoms with Gasteiger partial charge in [0.15, 0.2) is 0 Å². The molecule has 1 atom stereocenters. The zero-order valence-corrected chi connectivity index (χ0v) is 16.3. The smallest absolute Gasteiger partial charge is 0.391 e. The number of carbonyl (C=O) groups excluding carboxylic acids is 1. The highest BCUT2D eigenvalue weighted by Crippen LogP contribution is 2.38. The molecule has 1 aliphatic heterocycles. The van der Waals surface area contributed by atoms with Crippen molar-refractivity contribution in [2.75, 3.05) is 31.7 Å². The van der Waals surface area contributed by atoms with Crippen molar-refractivity contribution >= 4 is 22.5 Å². The number of nitrogens with one attached hydrogen (secondary N) is 1. The van der Waals surface area contributed by atoms with E-state index in [0.29, 0.717) is 27.9 Å². The largest absolute Gasteiger partial charge is 0.497 e. The number of hydrogen-bond acceptors (Lipinski definition) is 5. The number of rotatable bonds is 5. The molecule has 0 radical (unpaired) electrons. The Morgan fingerprint density at radius 3 is 2.62 bits per heavy atom. The van der Waals surface area contributed by atoms with Gasteiger partial charge in [0.2, 0.25) is 0 Å². The Balaban J connectivity index is 1.91. The molecule has 0 unspecified atom stereocenters. The monoisotopic (exact) mass is 411 g/mol. The van der Waals surface area contributed by atoms with Gasteiger partial charge in [-0.1, -0.05) is 0 Å². The van der Waals surface area contributed by atoms with Crippen LogP contribution in [0.2, 0.25) is 0 Å². The average Bonchev–Trinajstić information content (AvgIpc) is 2.71. The van der Waals surface area contributed by atoms with E-state index in [1.165, 1.54) is 13.3 Å². The van der Waals surface area contributed by atoms with Crippen LogP contribution in [-0.4, -0.2) is 55.0 Å². The molecule has 9 heteroatoms. The van der Waals surface area contributed by atoms with E-state index in [2.05, 4.69) is 10.3 Å². The number of aromatic nitrogens is 1. The van der Waals surface area contributed by atoms with Gasteiger partial charge in [-0.2, -0.15) is 13.2 Å². The fraction of sp³-hybridized carbons (Fsp3) is 0.500. The van der Waals surface area contributed by atoms with Gasteiger partial charge in [0.05, 0.1) is 36.4 Å². The van der Waals surface area contributed by atoms with Crippen LogP contribution < -0.4 is 15.0 Å². The number of amides is 1. The molecule has 0 saturated carbocycles. The summed E-state index contributed by atoms with van der Waals surface area (Å²) in [6.45, 7) is 2.03. The number of fused-ring (bicyclic) bond motifs is 1. The second-order valence-electron chi connectivity index (χ2n) is 7.30. The summed E-state index contributed by atoms with van der Waals surface area (Å²) in [6, 6.07) is 4.77. The van der Waals surface area contributed by atoms with Crippen LogP contribution in [0.4, 0.5) is 18.9 Å². The Labute approximate surface area is 166 Å². The highest BCUT2D eigenvalue weighted by Gasteiger charge is 2.41. The molecule has 1 aromatic heterocycles. The summed E-state index contributed by atoms with van der Waals surface area (Å²) in [5.41, 5.74) is 1.62. The fourth-order valence-electron chi connectivity index (χ4n) is 3.49. The molecule has 29 heavy (non-hydrogen) atoms. The van der Waals surface area contributed by atoms with Crippen molar-refractivity contribution in [2.45, 2.75) is 32.0 Å². The van der Waals surface area contributed by atoms with Gasteiger partial charge < -0.3 is 20.1 Å². The quantitative estimate of drug-likeness (QED) is 0.791. The van der Waals surface area contributed by atoms with Crippen molar-refractivity contribution in [1.82, 2.24) is 10.3 Å². The number of methoxy groups -OCH3 is 1. The Morgan fingerprint density at radius 1 is 1.34 bits per heavy atom. The molecule has 1 aromatic carbocycles. The van der Waals surface area contributed by atoms with E-state index in [9.17, 15) is 18.0 Å². The lowest BCUT2D eigenvalue weighted by Gasteiger charge is -2.34. The second-order valence-corrected chi connectivity index (χ2v) is 7.30. The average molecular weight is 411 g/mol. The zero-order valence-electron chi connectivity index (χ0n) is 16.3. The number of alkyl halides is 3. The number of halogens is 3. The highest BCUT2D eigenvalue weighted by molar-refractivity contribution is 6.00. The third kappa shape index (κ3) is 4.72. The normalized spacial score (nSPS) is 16.7. The van der Waals surface area contributed by atoms with Crippen molar-refractivity contribution in [1.29, 1.82) is 0 Å². The number of hydrogen-bond donors (Lipinski definition) is 2. The number of ether oxygens (including phenoxy) is 1. The van der Waals surface area contributed by atoms with Crippen molar-refractivity contribution in [3.63, 3.8) is 0 Å². The van der Waals surface area contributed by atoms with E-state index < -0.39 is 18.1 Å². The molecule has 158 valence electrons. The SMILES string of the molecule is COc1cc(N2CCC(C(F)(F)F)CC2)c2ncc(C(=O)N[C@H](C)CO)cc2c1. The predicted molar refractivity (Wildman–Crippen MR) is 103 cm³/mol. The lowest BCUT2D eigenvalue weighted by molar-refractivity contribution is -0.179. The number of aliphatic hydroxyl groups is 1. The van der Waals surface area contributed by atoms with Crippen LogP contribution in [0.3, 0.4) is 0 Å². The van der Waals surface area contributed by atoms with E-state index in [-0.39, 0.29) is 38.4 Å². The van der Waals surface area contributed by atoms with E-state index >= 15 is 0 Å². The topological polar surface area (TPSA) is 74.7 Å². The summed E-state index contributed by atoms with van der Waals surface area (Å²) in [4.78, 5) is 18.6. The first-order chi connectivity index (χ1) is 13.7. The van der Waals surface area contributed by atoms with E-state index in [1.807, 2.05) is 4.90 Å². The number of pyridine rings is 1. The van der Waals surface area contributed by atoms with Crippen molar-refractivity contribution in [3.05, 3.63) is 30.0 Å². The van der Waals surface area contributed by atoms with Gasteiger partial charge in [-0.15, -0.1) is 0 Å².